The van der Waals surface area contributed by atoms with Gasteiger partial charge in [0.2, 0.25) is 11.7 Å². The molecular formula is C23H26N6O3. The average molecular weight is 435 g/mol. The van der Waals surface area contributed by atoms with E-state index in [0.29, 0.717) is 30.9 Å². The molecule has 3 heterocycles. The monoisotopic (exact) mass is 434 g/mol. The number of carbonyl (C=O) groups excluding carboxylic acids is 3. The maximum Gasteiger partial charge on any atom is 0.290 e. The van der Waals surface area contributed by atoms with Crippen LogP contribution in [0.15, 0.2) is 47.6 Å². The standard InChI is InChI=1S/C23H26N6O3/c1-15-7-9-18(10-8-15)29-19(30)13-25-21(27-29)23(32)28-12-4-6-17(14-28)22(31)26-20-16(2)5-3-11-24-20/h3,5,7-11,17H,4,6,12-14H2,1-2H3,(H,25,27)(H,24,26,31). The predicted molar refractivity (Wildman–Crippen MR) is 121 cm³/mol. The van der Waals surface area contributed by atoms with E-state index in [-0.39, 0.29) is 42.6 Å². The second kappa shape index (κ2) is 9.17. The minimum atomic E-state index is -0.340. The Bertz CT molecular complexity index is 1070. The van der Waals surface area contributed by atoms with Crippen LogP contribution < -0.4 is 15.8 Å². The molecule has 1 aromatic heterocycles. The lowest BCUT2D eigenvalue weighted by Crippen LogP contribution is -2.57. The second-order valence-electron chi connectivity index (χ2n) is 8.09. The van der Waals surface area contributed by atoms with Crippen LogP contribution in [0, 0.1) is 19.8 Å². The number of hydrogen-bond acceptors (Lipinski definition) is 6. The SMILES string of the molecule is Cc1ccc(N2NC(C(=O)N3CCCC(C(=O)Nc4ncccc4C)C3)=NCC2=O)cc1. The summed E-state index contributed by atoms with van der Waals surface area (Å²) in [6, 6.07) is 11.1. The largest absolute Gasteiger partial charge is 0.335 e. The van der Waals surface area contributed by atoms with E-state index in [9.17, 15) is 14.4 Å². The van der Waals surface area contributed by atoms with Crippen molar-refractivity contribution in [2.75, 3.05) is 30.0 Å². The maximum absolute atomic E-state index is 13.1. The normalized spacial score (nSPS) is 18.6. The fourth-order valence-electron chi connectivity index (χ4n) is 3.80. The zero-order valence-electron chi connectivity index (χ0n) is 18.2. The van der Waals surface area contributed by atoms with E-state index in [1.54, 1.807) is 11.1 Å². The molecule has 166 valence electrons. The van der Waals surface area contributed by atoms with Gasteiger partial charge in [0.15, 0.2) is 0 Å². The van der Waals surface area contributed by atoms with Gasteiger partial charge < -0.3 is 10.2 Å². The Kier molecular flexibility index (Phi) is 6.16. The molecule has 1 fully saturated rings. The van der Waals surface area contributed by atoms with Crippen molar-refractivity contribution in [1.82, 2.24) is 15.3 Å². The summed E-state index contributed by atoms with van der Waals surface area (Å²) in [6.45, 7) is 4.55. The Labute approximate surface area is 186 Å². The number of aryl methyl sites for hydroxylation is 2. The highest BCUT2D eigenvalue weighted by Crippen LogP contribution is 2.21. The Hall–Kier alpha value is -3.75. The molecule has 2 aromatic rings. The molecule has 2 N–H and O–H groups in total. The van der Waals surface area contributed by atoms with Crippen molar-refractivity contribution in [3.8, 4) is 0 Å². The number of pyridine rings is 1. The van der Waals surface area contributed by atoms with Crippen LogP contribution in [0.25, 0.3) is 0 Å². The third kappa shape index (κ3) is 4.61. The molecular weight excluding hydrogens is 408 g/mol. The number of benzene rings is 1. The van der Waals surface area contributed by atoms with Gasteiger partial charge in [0, 0.05) is 19.3 Å². The first-order valence-corrected chi connectivity index (χ1v) is 10.6. The number of rotatable bonds is 4. The van der Waals surface area contributed by atoms with Gasteiger partial charge in [0.1, 0.15) is 12.4 Å². The molecule has 32 heavy (non-hydrogen) atoms. The summed E-state index contributed by atoms with van der Waals surface area (Å²) in [5, 5.41) is 4.22. The molecule has 0 spiro atoms. The summed E-state index contributed by atoms with van der Waals surface area (Å²) >= 11 is 0. The summed E-state index contributed by atoms with van der Waals surface area (Å²) in [6.07, 6.45) is 3.03. The lowest BCUT2D eigenvalue weighted by Gasteiger charge is -2.34. The zero-order valence-corrected chi connectivity index (χ0v) is 18.2. The number of hydrazine groups is 1. The number of carbonyl (C=O) groups is 3. The smallest absolute Gasteiger partial charge is 0.290 e. The molecule has 2 aliphatic rings. The zero-order chi connectivity index (χ0) is 22.7. The molecule has 9 heteroatoms. The molecule has 0 radical (unpaired) electrons. The number of aromatic nitrogens is 1. The molecule has 3 amide bonds. The number of aliphatic imine (C=N–C) groups is 1. The molecule has 4 rings (SSSR count). The predicted octanol–water partition coefficient (Wildman–Crippen LogP) is 1.83. The summed E-state index contributed by atoms with van der Waals surface area (Å²) in [5.74, 6) is -0.418. The van der Waals surface area contributed by atoms with Gasteiger partial charge in [-0.2, -0.15) is 0 Å². The number of piperidine rings is 1. The van der Waals surface area contributed by atoms with Crippen molar-refractivity contribution in [3.63, 3.8) is 0 Å². The number of nitrogens with one attached hydrogen (secondary N) is 2. The fraction of sp³-hybridized carbons (Fsp3) is 0.348. The van der Waals surface area contributed by atoms with Crippen LogP contribution >= 0.6 is 0 Å². The van der Waals surface area contributed by atoms with E-state index in [0.717, 1.165) is 11.1 Å². The Morgan fingerprint density at radius 3 is 2.69 bits per heavy atom. The van der Waals surface area contributed by atoms with Crippen LogP contribution in [0.2, 0.25) is 0 Å². The van der Waals surface area contributed by atoms with Crippen LogP contribution in [0.1, 0.15) is 24.0 Å². The Morgan fingerprint density at radius 2 is 1.94 bits per heavy atom. The molecule has 1 atom stereocenters. The van der Waals surface area contributed by atoms with E-state index in [1.807, 2.05) is 50.2 Å². The molecule has 9 nitrogen and oxygen atoms in total. The highest BCUT2D eigenvalue weighted by molar-refractivity contribution is 6.39. The number of nitrogens with zero attached hydrogens (tertiary/aromatic N) is 4. The minimum absolute atomic E-state index is 0.104. The van der Waals surface area contributed by atoms with E-state index < -0.39 is 0 Å². The van der Waals surface area contributed by atoms with Gasteiger partial charge in [-0.1, -0.05) is 23.8 Å². The summed E-state index contributed by atoms with van der Waals surface area (Å²) < 4.78 is 0. The van der Waals surface area contributed by atoms with E-state index in [2.05, 4.69) is 20.7 Å². The van der Waals surface area contributed by atoms with Crippen molar-refractivity contribution >= 4 is 35.1 Å². The summed E-state index contributed by atoms with van der Waals surface area (Å²) in [7, 11) is 0. The van der Waals surface area contributed by atoms with Gasteiger partial charge in [-0.25, -0.2) is 9.99 Å². The first-order chi connectivity index (χ1) is 15.4. The number of likely N-dealkylation sites (tertiary alicyclic amines) is 1. The maximum atomic E-state index is 13.1. The first-order valence-electron chi connectivity index (χ1n) is 10.6. The van der Waals surface area contributed by atoms with Crippen LogP contribution in [0.4, 0.5) is 11.5 Å². The van der Waals surface area contributed by atoms with E-state index in [4.69, 9.17) is 0 Å². The molecule has 1 saturated heterocycles. The quantitative estimate of drug-likeness (QED) is 0.764. The third-order valence-electron chi connectivity index (χ3n) is 5.66. The van der Waals surface area contributed by atoms with Crippen LogP contribution in [-0.4, -0.2) is 53.1 Å². The van der Waals surface area contributed by atoms with Gasteiger partial charge in [-0.3, -0.25) is 24.8 Å². The number of amidine groups is 1. The molecule has 0 bridgehead atoms. The highest BCUT2D eigenvalue weighted by atomic mass is 16.2. The minimum Gasteiger partial charge on any atom is -0.335 e. The highest BCUT2D eigenvalue weighted by Gasteiger charge is 2.33. The third-order valence-corrected chi connectivity index (χ3v) is 5.66. The van der Waals surface area contributed by atoms with Crippen molar-refractivity contribution in [2.24, 2.45) is 10.9 Å². The van der Waals surface area contributed by atoms with Gasteiger partial charge in [0.25, 0.3) is 11.8 Å². The van der Waals surface area contributed by atoms with Crippen molar-refractivity contribution < 1.29 is 14.4 Å². The Balaban J connectivity index is 1.42. The molecule has 1 aromatic carbocycles. The van der Waals surface area contributed by atoms with Crippen molar-refractivity contribution in [3.05, 3.63) is 53.7 Å². The number of anilines is 2. The molecule has 0 saturated carbocycles. The molecule has 1 unspecified atom stereocenters. The molecule has 2 aliphatic heterocycles. The second-order valence-corrected chi connectivity index (χ2v) is 8.09. The topological polar surface area (TPSA) is 107 Å². The van der Waals surface area contributed by atoms with Gasteiger partial charge in [0.05, 0.1) is 11.6 Å². The van der Waals surface area contributed by atoms with E-state index in [1.165, 1.54) is 5.01 Å². The van der Waals surface area contributed by atoms with Gasteiger partial charge in [-0.05, 0) is 50.5 Å². The summed E-state index contributed by atoms with van der Waals surface area (Å²) in [5.41, 5.74) is 5.45. The average Bonchev–Trinajstić information content (AvgIpc) is 2.81. The molecule has 0 aliphatic carbocycles. The van der Waals surface area contributed by atoms with Crippen LogP contribution in [-0.2, 0) is 14.4 Å². The lowest BCUT2D eigenvalue weighted by molar-refractivity contribution is -0.129. The van der Waals surface area contributed by atoms with Crippen LogP contribution in [0.3, 0.4) is 0 Å². The van der Waals surface area contributed by atoms with Crippen molar-refractivity contribution in [1.29, 1.82) is 0 Å². The lowest BCUT2D eigenvalue weighted by atomic mass is 9.97. The fourth-order valence-corrected chi connectivity index (χ4v) is 3.80. The number of hydrogen-bond donors (Lipinski definition) is 2. The van der Waals surface area contributed by atoms with Gasteiger partial charge in [-0.15, -0.1) is 0 Å². The van der Waals surface area contributed by atoms with Crippen molar-refractivity contribution in [2.45, 2.75) is 26.7 Å². The van der Waals surface area contributed by atoms with Gasteiger partial charge >= 0.3 is 0 Å². The number of amides is 3. The van der Waals surface area contributed by atoms with E-state index >= 15 is 0 Å². The van der Waals surface area contributed by atoms with Crippen LogP contribution in [0.5, 0.6) is 0 Å². The Morgan fingerprint density at radius 1 is 1.16 bits per heavy atom. The summed E-state index contributed by atoms with van der Waals surface area (Å²) in [4.78, 5) is 48.2. The first kappa shape index (κ1) is 21.5.